The molecule has 0 spiro atoms. The molecule has 0 unspecified atom stereocenters. The van der Waals surface area contributed by atoms with Crippen LogP contribution in [0.2, 0.25) is 0 Å². The quantitative estimate of drug-likeness (QED) is 0.546. The van der Waals surface area contributed by atoms with Gasteiger partial charge in [-0.25, -0.2) is 0 Å². The van der Waals surface area contributed by atoms with Crippen molar-refractivity contribution in [3.8, 4) is 0 Å². The maximum Gasteiger partial charge on any atom is -0.0215 e. The normalized spacial score (nSPS) is 19.7. The summed E-state index contributed by atoms with van der Waals surface area (Å²) < 4.78 is 0. The Balaban J connectivity index is 3.07. The van der Waals surface area contributed by atoms with Gasteiger partial charge in [0.15, 0.2) is 0 Å². The number of hydrogen-bond acceptors (Lipinski definition) is 0. The molecule has 0 amide bonds. The summed E-state index contributed by atoms with van der Waals surface area (Å²) in [7, 11) is 0. The second-order valence-electron chi connectivity index (χ2n) is 3.55. The summed E-state index contributed by atoms with van der Waals surface area (Å²) >= 11 is 0. The van der Waals surface area contributed by atoms with Gasteiger partial charge in [0.25, 0.3) is 0 Å². The van der Waals surface area contributed by atoms with E-state index in [-0.39, 0.29) is 0 Å². The molecule has 1 aliphatic carbocycles. The molecule has 1 aliphatic rings. The standard InChI is InChI=1S/C12H18/c1-5-9(2)12-10(3)7-6-8-11(12)4/h5,7H,6,8H2,1-4H3/b9-5-. The number of hydrogen-bond donors (Lipinski definition) is 0. The first-order valence-corrected chi connectivity index (χ1v) is 4.67. The molecule has 0 bridgehead atoms. The monoisotopic (exact) mass is 162 g/mol. The van der Waals surface area contributed by atoms with Crippen LogP contribution in [0.5, 0.6) is 0 Å². The molecule has 0 atom stereocenters. The van der Waals surface area contributed by atoms with Gasteiger partial charge in [0.1, 0.15) is 0 Å². The number of allylic oxidation sites excluding steroid dienone is 6. The highest BCUT2D eigenvalue weighted by atomic mass is 14.1. The van der Waals surface area contributed by atoms with E-state index >= 15 is 0 Å². The summed E-state index contributed by atoms with van der Waals surface area (Å²) in [6.45, 7) is 8.77. The highest BCUT2D eigenvalue weighted by Crippen LogP contribution is 2.29. The van der Waals surface area contributed by atoms with E-state index in [0.717, 1.165) is 0 Å². The van der Waals surface area contributed by atoms with E-state index < -0.39 is 0 Å². The van der Waals surface area contributed by atoms with Crippen molar-refractivity contribution in [1.29, 1.82) is 0 Å². The lowest BCUT2D eigenvalue weighted by molar-refractivity contribution is 0.921. The van der Waals surface area contributed by atoms with Crippen LogP contribution in [0.1, 0.15) is 40.5 Å². The molecule has 0 saturated heterocycles. The van der Waals surface area contributed by atoms with Gasteiger partial charge in [-0.3, -0.25) is 0 Å². The van der Waals surface area contributed by atoms with Gasteiger partial charge in [0, 0.05) is 0 Å². The van der Waals surface area contributed by atoms with Gasteiger partial charge in [-0.15, -0.1) is 0 Å². The van der Waals surface area contributed by atoms with Crippen molar-refractivity contribution in [2.75, 3.05) is 0 Å². The highest BCUT2D eigenvalue weighted by Gasteiger charge is 2.10. The lowest BCUT2D eigenvalue weighted by Crippen LogP contribution is -1.98. The van der Waals surface area contributed by atoms with Gasteiger partial charge >= 0.3 is 0 Å². The molecule has 0 radical (unpaired) electrons. The molecule has 1 rings (SSSR count). The Kier molecular flexibility index (Phi) is 2.91. The van der Waals surface area contributed by atoms with Crippen molar-refractivity contribution in [2.24, 2.45) is 0 Å². The van der Waals surface area contributed by atoms with Crippen LogP contribution in [-0.2, 0) is 0 Å². The minimum absolute atomic E-state index is 1.22. The Morgan fingerprint density at radius 2 is 2.08 bits per heavy atom. The summed E-state index contributed by atoms with van der Waals surface area (Å²) in [6.07, 6.45) is 6.99. The predicted molar refractivity (Wildman–Crippen MR) is 55.1 cm³/mol. The van der Waals surface area contributed by atoms with Gasteiger partial charge in [0.2, 0.25) is 0 Å². The smallest absolute Gasteiger partial charge is 0.0215 e. The van der Waals surface area contributed by atoms with E-state index in [0.29, 0.717) is 0 Å². The zero-order chi connectivity index (χ0) is 9.14. The molecule has 0 aromatic heterocycles. The minimum atomic E-state index is 1.22. The van der Waals surface area contributed by atoms with Gasteiger partial charge in [-0.2, -0.15) is 0 Å². The van der Waals surface area contributed by atoms with Crippen LogP contribution in [-0.4, -0.2) is 0 Å². The third-order valence-corrected chi connectivity index (χ3v) is 2.62. The zero-order valence-corrected chi connectivity index (χ0v) is 8.57. The van der Waals surface area contributed by atoms with Gasteiger partial charge < -0.3 is 0 Å². The molecule has 0 heterocycles. The number of rotatable bonds is 1. The second-order valence-corrected chi connectivity index (χ2v) is 3.55. The molecule has 0 N–H and O–H groups in total. The first kappa shape index (κ1) is 9.31. The average molecular weight is 162 g/mol. The summed E-state index contributed by atoms with van der Waals surface area (Å²) in [5.41, 5.74) is 5.91. The molecular formula is C12H18. The van der Waals surface area contributed by atoms with Crippen LogP contribution < -0.4 is 0 Å². The molecule has 0 nitrogen and oxygen atoms in total. The van der Waals surface area contributed by atoms with Crippen LogP contribution >= 0.6 is 0 Å². The van der Waals surface area contributed by atoms with Crippen LogP contribution in [0.4, 0.5) is 0 Å². The lowest BCUT2D eigenvalue weighted by Gasteiger charge is -2.17. The summed E-state index contributed by atoms with van der Waals surface area (Å²) in [6, 6.07) is 0. The lowest BCUT2D eigenvalue weighted by atomic mass is 9.88. The van der Waals surface area contributed by atoms with Gasteiger partial charge in [0.05, 0.1) is 0 Å². The van der Waals surface area contributed by atoms with Crippen molar-refractivity contribution in [3.05, 3.63) is 34.4 Å². The van der Waals surface area contributed by atoms with E-state index in [2.05, 4.69) is 39.8 Å². The third kappa shape index (κ3) is 1.69. The predicted octanol–water partition coefficient (Wildman–Crippen LogP) is 4.01. The molecule has 66 valence electrons. The van der Waals surface area contributed by atoms with Crippen LogP contribution in [0.25, 0.3) is 0 Å². The average Bonchev–Trinajstić information content (AvgIpc) is 2.03. The van der Waals surface area contributed by atoms with E-state index in [4.69, 9.17) is 0 Å². The summed E-state index contributed by atoms with van der Waals surface area (Å²) in [5.74, 6) is 0. The Bertz CT molecular complexity index is 256. The van der Waals surface area contributed by atoms with E-state index in [9.17, 15) is 0 Å². The molecular weight excluding hydrogens is 144 g/mol. The van der Waals surface area contributed by atoms with E-state index in [1.54, 1.807) is 5.57 Å². The Labute approximate surface area is 75.7 Å². The fourth-order valence-corrected chi connectivity index (χ4v) is 1.86. The largest absolute Gasteiger partial charge is 0.0841 e. The fraction of sp³-hybridized carbons (Fsp3) is 0.500. The zero-order valence-electron chi connectivity index (χ0n) is 8.57. The summed E-state index contributed by atoms with van der Waals surface area (Å²) in [4.78, 5) is 0. The topological polar surface area (TPSA) is 0 Å². The summed E-state index contributed by atoms with van der Waals surface area (Å²) in [5, 5.41) is 0. The van der Waals surface area contributed by atoms with Crippen LogP contribution in [0.15, 0.2) is 34.4 Å². The van der Waals surface area contributed by atoms with Crippen LogP contribution in [0.3, 0.4) is 0 Å². The van der Waals surface area contributed by atoms with Crippen LogP contribution in [0, 0.1) is 0 Å². The minimum Gasteiger partial charge on any atom is -0.0841 e. The Morgan fingerprint density at radius 3 is 2.58 bits per heavy atom. The first-order chi connectivity index (χ1) is 5.66. The molecule has 0 aromatic carbocycles. The second kappa shape index (κ2) is 3.75. The maximum atomic E-state index is 2.34. The molecule has 0 aromatic rings. The third-order valence-electron chi connectivity index (χ3n) is 2.62. The first-order valence-electron chi connectivity index (χ1n) is 4.67. The molecule has 0 fully saturated rings. The SMILES string of the molecule is C/C=C(/C)C1=C(C)CCC=C1C. The van der Waals surface area contributed by atoms with Crippen molar-refractivity contribution in [1.82, 2.24) is 0 Å². The maximum absolute atomic E-state index is 2.34. The van der Waals surface area contributed by atoms with E-state index in [1.165, 1.54) is 29.6 Å². The van der Waals surface area contributed by atoms with Crippen molar-refractivity contribution in [3.63, 3.8) is 0 Å². The molecule has 12 heavy (non-hydrogen) atoms. The highest BCUT2D eigenvalue weighted by molar-refractivity contribution is 5.49. The van der Waals surface area contributed by atoms with Crippen molar-refractivity contribution >= 4 is 0 Å². The van der Waals surface area contributed by atoms with Gasteiger partial charge in [-0.05, 0) is 57.3 Å². The fourth-order valence-electron chi connectivity index (χ4n) is 1.86. The van der Waals surface area contributed by atoms with Crippen molar-refractivity contribution in [2.45, 2.75) is 40.5 Å². The Morgan fingerprint density at radius 1 is 1.42 bits per heavy atom. The molecule has 0 heteroatoms. The van der Waals surface area contributed by atoms with E-state index in [1.807, 2.05) is 0 Å². The Hall–Kier alpha value is -0.780. The van der Waals surface area contributed by atoms with Gasteiger partial charge in [-0.1, -0.05) is 17.7 Å². The molecule has 0 aliphatic heterocycles. The van der Waals surface area contributed by atoms with Crippen molar-refractivity contribution < 1.29 is 0 Å². The molecule has 0 saturated carbocycles.